The molecule has 0 rings (SSSR count). The molecule has 39 heavy (non-hydrogen) atoms. The summed E-state index contributed by atoms with van der Waals surface area (Å²) in [6, 6.07) is -1.97. The third-order valence-corrected chi connectivity index (χ3v) is 5.96. The Kier molecular flexibility index (Phi) is 20.1. The zero-order valence-electron chi connectivity index (χ0n) is 25.4. The minimum atomic E-state index is -0.786. The third-order valence-electron chi connectivity index (χ3n) is 5.96. The van der Waals surface area contributed by atoms with Gasteiger partial charge >= 0.3 is 0 Å². The molecule has 3 unspecified atom stereocenters. The van der Waals surface area contributed by atoms with E-state index in [1.807, 2.05) is 27.7 Å². The highest BCUT2D eigenvalue weighted by Crippen LogP contribution is 2.14. The van der Waals surface area contributed by atoms with Gasteiger partial charge in [0, 0.05) is 26.7 Å². The number of guanidine groups is 1. The van der Waals surface area contributed by atoms with Gasteiger partial charge in [-0.1, -0.05) is 54.4 Å². The average Bonchev–Trinajstić information content (AvgIpc) is 2.83. The van der Waals surface area contributed by atoms with Gasteiger partial charge in [-0.3, -0.25) is 19.8 Å². The van der Waals surface area contributed by atoms with Gasteiger partial charge in [0.1, 0.15) is 12.1 Å². The number of rotatable bonds is 22. The second-order valence-electron chi connectivity index (χ2n) is 11.0. The molecule has 0 bridgehead atoms. The molecule has 7 N–H and O–H groups in total. The van der Waals surface area contributed by atoms with Gasteiger partial charge in [0.15, 0.2) is 12.2 Å². The first-order chi connectivity index (χ1) is 18.4. The highest BCUT2D eigenvalue weighted by atomic mass is 16.7. The highest BCUT2D eigenvalue weighted by molar-refractivity contribution is 5.91. The first-order valence-electron chi connectivity index (χ1n) is 14.6. The minimum Gasteiger partial charge on any atom is -0.370 e. The number of ether oxygens (including phenoxy) is 2. The lowest BCUT2D eigenvalue weighted by Gasteiger charge is -2.31. The van der Waals surface area contributed by atoms with E-state index >= 15 is 0 Å². The molecule has 0 aromatic heterocycles. The summed E-state index contributed by atoms with van der Waals surface area (Å²) < 4.78 is 12.2. The van der Waals surface area contributed by atoms with Crippen molar-refractivity contribution in [3.05, 3.63) is 0 Å². The number of hydrogen-bond donors (Lipinski definition) is 6. The molecule has 0 aromatic rings. The summed E-state index contributed by atoms with van der Waals surface area (Å²) >= 11 is 0. The zero-order valence-corrected chi connectivity index (χ0v) is 25.4. The average molecular weight is 557 g/mol. The van der Waals surface area contributed by atoms with Crippen molar-refractivity contribution in [3.8, 4) is 0 Å². The van der Waals surface area contributed by atoms with Crippen molar-refractivity contribution in [2.24, 2.45) is 17.6 Å². The molecule has 228 valence electrons. The molecule has 0 spiro atoms. The SMILES string of the molecule is CCCCOC(OCCCC)C(CCCNC(=N)N)NC(=O)C(CC(C)C)NC(=O)C(CC(C)C)NC(C)=O. The normalized spacial score (nSPS) is 13.7. The van der Waals surface area contributed by atoms with Crippen LogP contribution in [0, 0.1) is 17.2 Å². The molecule has 0 radical (unpaired) electrons. The van der Waals surface area contributed by atoms with Crippen LogP contribution in [0.3, 0.4) is 0 Å². The Labute approximate surface area is 236 Å². The van der Waals surface area contributed by atoms with E-state index in [4.69, 9.17) is 20.6 Å². The van der Waals surface area contributed by atoms with E-state index in [9.17, 15) is 14.4 Å². The van der Waals surface area contributed by atoms with Gasteiger partial charge in [0.05, 0.1) is 6.04 Å². The molecule has 3 atom stereocenters. The van der Waals surface area contributed by atoms with E-state index in [2.05, 4.69) is 35.1 Å². The summed E-state index contributed by atoms with van der Waals surface area (Å²) in [5.41, 5.74) is 5.42. The van der Waals surface area contributed by atoms with Gasteiger partial charge < -0.3 is 36.5 Å². The lowest BCUT2D eigenvalue weighted by atomic mass is 9.99. The van der Waals surface area contributed by atoms with Crippen LogP contribution in [0.1, 0.15) is 99.8 Å². The summed E-state index contributed by atoms with van der Waals surface area (Å²) in [5, 5.41) is 18.9. The number of carbonyl (C=O) groups excluding carboxylic acids is 3. The van der Waals surface area contributed by atoms with E-state index in [0.717, 1.165) is 25.7 Å². The molecule has 11 heteroatoms. The van der Waals surface area contributed by atoms with Crippen molar-refractivity contribution in [2.45, 2.75) is 124 Å². The fourth-order valence-corrected chi connectivity index (χ4v) is 4.00. The van der Waals surface area contributed by atoms with Gasteiger partial charge in [0.2, 0.25) is 17.7 Å². The Bertz CT molecular complexity index is 709. The Morgan fingerprint density at radius 2 is 1.28 bits per heavy atom. The second-order valence-corrected chi connectivity index (χ2v) is 11.0. The van der Waals surface area contributed by atoms with Gasteiger partial charge in [-0.15, -0.1) is 0 Å². The van der Waals surface area contributed by atoms with Crippen molar-refractivity contribution in [3.63, 3.8) is 0 Å². The van der Waals surface area contributed by atoms with Crippen LogP contribution >= 0.6 is 0 Å². The summed E-state index contributed by atoms with van der Waals surface area (Å²) in [7, 11) is 0. The van der Waals surface area contributed by atoms with Crippen LogP contribution in [0.25, 0.3) is 0 Å². The van der Waals surface area contributed by atoms with Crippen LogP contribution in [0.5, 0.6) is 0 Å². The van der Waals surface area contributed by atoms with Crippen molar-refractivity contribution in [1.29, 1.82) is 5.41 Å². The Balaban J connectivity index is 5.80. The topological polar surface area (TPSA) is 168 Å². The fourth-order valence-electron chi connectivity index (χ4n) is 4.00. The quantitative estimate of drug-likeness (QED) is 0.0516. The predicted octanol–water partition coefficient (Wildman–Crippen LogP) is 2.78. The Morgan fingerprint density at radius 3 is 1.72 bits per heavy atom. The van der Waals surface area contributed by atoms with Crippen molar-refractivity contribution in [2.75, 3.05) is 19.8 Å². The number of carbonyl (C=O) groups is 3. The van der Waals surface area contributed by atoms with Crippen LogP contribution < -0.4 is 27.0 Å². The molecule has 11 nitrogen and oxygen atoms in total. The van der Waals surface area contributed by atoms with Gasteiger partial charge in [-0.2, -0.15) is 0 Å². The Morgan fingerprint density at radius 1 is 0.795 bits per heavy atom. The van der Waals surface area contributed by atoms with Crippen LogP contribution in [0.2, 0.25) is 0 Å². The molecule has 0 saturated heterocycles. The zero-order chi connectivity index (χ0) is 29.8. The Hall–Kier alpha value is -2.40. The van der Waals surface area contributed by atoms with Gasteiger partial charge in [-0.05, 0) is 50.4 Å². The molecular weight excluding hydrogens is 500 g/mol. The third kappa shape index (κ3) is 18.5. The smallest absolute Gasteiger partial charge is 0.243 e. The lowest BCUT2D eigenvalue weighted by molar-refractivity contribution is -0.166. The van der Waals surface area contributed by atoms with E-state index in [-0.39, 0.29) is 35.5 Å². The van der Waals surface area contributed by atoms with Crippen LogP contribution in [-0.4, -0.2) is 67.9 Å². The molecule has 0 heterocycles. The molecule has 0 aromatic carbocycles. The number of unbranched alkanes of at least 4 members (excludes halogenated alkanes) is 2. The van der Waals surface area contributed by atoms with Gasteiger partial charge in [-0.25, -0.2) is 0 Å². The number of amides is 3. The highest BCUT2D eigenvalue weighted by Gasteiger charge is 2.31. The van der Waals surface area contributed by atoms with Crippen LogP contribution in [-0.2, 0) is 23.9 Å². The lowest BCUT2D eigenvalue weighted by Crippen LogP contribution is -2.57. The van der Waals surface area contributed by atoms with Crippen LogP contribution in [0.4, 0.5) is 0 Å². The number of nitrogens with two attached hydrogens (primary N) is 1. The van der Waals surface area contributed by atoms with Crippen molar-refractivity contribution < 1.29 is 23.9 Å². The summed E-state index contributed by atoms with van der Waals surface area (Å²) in [6.45, 7) is 14.9. The van der Waals surface area contributed by atoms with Crippen molar-refractivity contribution in [1.82, 2.24) is 21.3 Å². The molecular formula is C28H56N6O5. The number of nitrogens with one attached hydrogen (secondary N) is 5. The fraction of sp³-hybridized carbons (Fsp3) is 0.857. The maximum absolute atomic E-state index is 13.6. The monoisotopic (exact) mass is 556 g/mol. The maximum Gasteiger partial charge on any atom is 0.243 e. The minimum absolute atomic E-state index is 0.111. The largest absolute Gasteiger partial charge is 0.370 e. The summed E-state index contributed by atoms with van der Waals surface area (Å²) in [5.74, 6) is -0.787. The molecule has 0 aliphatic heterocycles. The molecule has 0 fully saturated rings. The molecule has 0 aliphatic rings. The molecule has 3 amide bonds. The van der Waals surface area contributed by atoms with E-state index in [1.54, 1.807) is 0 Å². The van der Waals surface area contributed by atoms with Crippen LogP contribution in [0.15, 0.2) is 0 Å². The molecule has 0 aliphatic carbocycles. The standard InChI is InChI=1S/C28H56N6O5/c1-8-10-15-38-27(39-16-11-9-2)22(13-12-14-31-28(29)30)33-26(37)24(18-20(5)6)34-25(36)23(17-19(3)4)32-21(7)35/h19-20,22-24,27H,8-18H2,1-7H3,(H,32,35)(H,33,37)(H,34,36)(H4,29,30,31). The molecule has 0 saturated carbocycles. The van der Waals surface area contributed by atoms with Gasteiger partial charge in [0.25, 0.3) is 0 Å². The first kappa shape index (κ1) is 36.6. The summed E-state index contributed by atoms with van der Waals surface area (Å²) in [6.07, 6.45) is 5.07. The van der Waals surface area contributed by atoms with E-state index < -0.39 is 24.4 Å². The maximum atomic E-state index is 13.6. The van der Waals surface area contributed by atoms with E-state index in [1.165, 1.54) is 6.92 Å². The second kappa shape index (κ2) is 21.4. The first-order valence-corrected chi connectivity index (χ1v) is 14.6. The van der Waals surface area contributed by atoms with E-state index in [0.29, 0.717) is 45.4 Å². The number of hydrogen-bond acceptors (Lipinski definition) is 6. The van der Waals surface area contributed by atoms with Crippen molar-refractivity contribution >= 4 is 23.7 Å². The predicted molar refractivity (Wildman–Crippen MR) is 155 cm³/mol. The summed E-state index contributed by atoms with van der Waals surface area (Å²) in [4.78, 5) is 38.5.